The molecule has 0 aromatic heterocycles. The van der Waals surface area contributed by atoms with Crippen molar-refractivity contribution in [2.24, 2.45) is 5.92 Å². The van der Waals surface area contributed by atoms with E-state index in [1.165, 1.54) is 0 Å². The van der Waals surface area contributed by atoms with Crippen LogP contribution in [-0.2, 0) is 4.79 Å². The normalized spacial score (nSPS) is 17.0. The zero-order valence-electron chi connectivity index (χ0n) is 10.3. The molecular formula is C12H20N2O3. The minimum absolute atomic E-state index is 0.234. The number of carboxylic acids is 1. The van der Waals surface area contributed by atoms with Gasteiger partial charge in [0.25, 0.3) is 0 Å². The van der Waals surface area contributed by atoms with Crippen LogP contribution in [0, 0.1) is 5.92 Å². The molecule has 2 amide bonds. The molecule has 5 nitrogen and oxygen atoms in total. The summed E-state index contributed by atoms with van der Waals surface area (Å²) in [6.07, 6.45) is 5.22. The molecule has 1 heterocycles. The van der Waals surface area contributed by atoms with Crippen molar-refractivity contribution in [2.45, 2.75) is 32.7 Å². The highest BCUT2D eigenvalue weighted by atomic mass is 16.4. The molecule has 0 radical (unpaired) electrons. The maximum atomic E-state index is 11.8. The maximum absolute atomic E-state index is 11.8. The Morgan fingerprint density at radius 1 is 1.41 bits per heavy atom. The molecule has 0 saturated heterocycles. The van der Waals surface area contributed by atoms with Crippen LogP contribution in [0.3, 0.4) is 0 Å². The number of hydrogen-bond acceptors (Lipinski definition) is 2. The highest BCUT2D eigenvalue weighted by molar-refractivity contribution is 5.82. The average Bonchev–Trinajstić information content (AvgIpc) is 2.28. The molecule has 1 aliphatic rings. The van der Waals surface area contributed by atoms with Crippen molar-refractivity contribution in [1.82, 2.24) is 10.2 Å². The lowest BCUT2D eigenvalue weighted by Crippen LogP contribution is -2.49. The third-order valence-electron chi connectivity index (χ3n) is 2.65. The van der Waals surface area contributed by atoms with Crippen LogP contribution < -0.4 is 5.32 Å². The molecule has 1 rings (SSSR count). The fraction of sp³-hybridized carbons (Fsp3) is 0.667. The highest BCUT2D eigenvalue weighted by Crippen LogP contribution is 2.07. The van der Waals surface area contributed by atoms with Gasteiger partial charge in [-0.15, -0.1) is 0 Å². The quantitative estimate of drug-likeness (QED) is 0.731. The van der Waals surface area contributed by atoms with Crippen LogP contribution in [0.2, 0.25) is 0 Å². The lowest BCUT2D eigenvalue weighted by molar-refractivity contribution is -0.139. The number of aliphatic carboxylic acids is 1. The van der Waals surface area contributed by atoms with Crippen molar-refractivity contribution in [3.63, 3.8) is 0 Å². The second kappa shape index (κ2) is 6.27. The van der Waals surface area contributed by atoms with Gasteiger partial charge in [-0.25, -0.2) is 9.59 Å². The number of urea groups is 1. The highest BCUT2D eigenvalue weighted by Gasteiger charge is 2.23. The van der Waals surface area contributed by atoms with Crippen molar-refractivity contribution < 1.29 is 14.7 Å². The van der Waals surface area contributed by atoms with E-state index >= 15 is 0 Å². The predicted octanol–water partition coefficient (Wildman–Crippen LogP) is 1.46. The summed E-state index contributed by atoms with van der Waals surface area (Å²) in [6.45, 7) is 5.08. The third-order valence-corrected chi connectivity index (χ3v) is 2.65. The number of nitrogens with one attached hydrogen (secondary N) is 1. The standard InChI is InChI=1S/C12H20N2O3/c1-9(2)8-10(11(15)16)13-12(17)14-6-4-3-5-7-14/h3-4,9-10H,5-8H2,1-2H3,(H,13,17)(H,15,16). The van der Waals surface area contributed by atoms with Crippen LogP contribution in [0.4, 0.5) is 4.79 Å². The van der Waals surface area contributed by atoms with Gasteiger partial charge >= 0.3 is 12.0 Å². The van der Waals surface area contributed by atoms with Gasteiger partial charge in [-0.05, 0) is 18.8 Å². The Morgan fingerprint density at radius 2 is 2.12 bits per heavy atom. The molecule has 1 atom stereocenters. The summed E-state index contributed by atoms with van der Waals surface area (Å²) in [4.78, 5) is 24.4. The molecule has 1 unspecified atom stereocenters. The van der Waals surface area contributed by atoms with Crippen molar-refractivity contribution in [3.05, 3.63) is 12.2 Å². The molecular weight excluding hydrogens is 220 g/mol. The molecule has 0 aromatic carbocycles. The molecule has 0 fully saturated rings. The maximum Gasteiger partial charge on any atom is 0.326 e. The monoisotopic (exact) mass is 240 g/mol. The number of nitrogens with zero attached hydrogens (tertiary/aromatic N) is 1. The van der Waals surface area contributed by atoms with Crippen LogP contribution in [0.5, 0.6) is 0 Å². The Hall–Kier alpha value is -1.52. The summed E-state index contributed by atoms with van der Waals surface area (Å²) >= 11 is 0. The molecule has 0 saturated carbocycles. The summed E-state index contributed by atoms with van der Waals surface area (Å²) in [6, 6.07) is -1.09. The van der Waals surface area contributed by atoms with Crippen molar-refractivity contribution in [3.8, 4) is 0 Å². The zero-order chi connectivity index (χ0) is 12.8. The van der Waals surface area contributed by atoms with E-state index in [1.807, 2.05) is 26.0 Å². The van der Waals surface area contributed by atoms with Crippen molar-refractivity contribution >= 4 is 12.0 Å². The average molecular weight is 240 g/mol. The van der Waals surface area contributed by atoms with Crippen LogP contribution in [-0.4, -0.2) is 41.1 Å². The first-order valence-corrected chi connectivity index (χ1v) is 5.94. The van der Waals surface area contributed by atoms with Gasteiger partial charge in [0.2, 0.25) is 0 Å². The van der Waals surface area contributed by atoms with Crippen molar-refractivity contribution in [1.29, 1.82) is 0 Å². The van der Waals surface area contributed by atoms with E-state index in [4.69, 9.17) is 5.11 Å². The first kappa shape index (κ1) is 13.5. The number of amides is 2. The molecule has 17 heavy (non-hydrogen) atoms. The lowest BCUT2D eigenvalue weighted by atomic mass is 10.0. The molecule has 2 N–H and O–H groups in total. The largest absolute Gasteiger partial charge is 0.480 e. The van der Waals surface area contributed by atoms with Gasteiger partial charge in [-0.1, -0.05) is 26.0 Å². The first-order chi connectivity index (χ1) is 8.00. The van der Waals surface area contributed by atoms with Gasteiger partial charge in [-0.2, -0.15) is 0 Å². The molecule has 0 bridgehead atoms. The number of hydrogen-bond donors (Lipinski definition) is 2. The number of carboxylic acid groups (broad SMARTS) is 1. The second-order valence-electron chi connectivity index (χ2n) is 4.68. The van der Waals surface area contributed by atoms with Gasteiger partial charge in [0.15, 0.2) is 0 Å². The summed E-state index contributed by atoms with van der Waals surface area (Å²) in [7, 11) is 0. The van der Waals surface area contributed by atoms with E-state index < -0.39 is 12.0 Å². The van der Waals surface area contributed by atoms with E-state index in [9.17, 15) is 9.59 Å². The van der Waals surface area contributed by atoms with Gasteiger partial charge in [0, 0.05) is 13.1 Å². The van der Waals surface area contributed by atoms with Crippen molar-refractivity contribution in [2.75, 3.05) is 13.1 Å². The summed E-state index contributed by atoms with van der Waals surface area (Å²) in [5.74, 6) is -0.739. The Morgan fingerprint density at radius 3 is 2.59 bits per heavy atom. The third kappa shape index (κ3) is 4.46. The smallest absolute Gasteiger partial charge is 0.326 e. The Bertz CT molecular complexity index is 313. The zero-order valence-corrected chi connectivity index (χ0v) is 10.3. The topological polar surface area (TPSA) is 69.6 Å². The number of carbonyl (C=O) groups excluding carboxylic acids is 1. The van der Waals surface area contributed by atoms with Crippen LogP contribution in [0.1, 0.15) is 26.7 Å². The van der Waals surface area contributed by atoms with Crippen LogP contribution >= 0.6 is 0 Å². The SMILES string of the molecule is CC(C)CC(NC(=O)N1CC=CCC1)C(=O)O. The summed E-state index contributed by atoms with van der Waals surface area (Å²) < 4.78 is 0. The fourth-order valence-electron chi connectivity index (χ4n) is 1.76. The minimum Gasteiger partial charge on any atom is -0.480 e. The molecule has 1 aliphatic heterocycles. The van der Waals surface area contributed by atoms with E-state index in [-0.39, 0.29) is 11.9 Å². The van der Waals surface area contributed by atoms with E-state index in [0.29, 0.717) is 19.5 Å². The fourth-order valence-corrected chi connectivity index (χ4v) is 1.76. The molecule has 0 aliphatic carbocycles. The number of rotatable bonds is 4. The predicted molar refractivity (Wildman–Crippen MR) is 64.7 cm³/mol. The van der Waals surface area contributed by atoms with Gasteiger partial charge < -0.3 is 15.3 Å². The Balaban J connectivity index is 2.51. The van der Waals surface area contributed by atoms with E-state index in [1.54, 1.807) is 4.90 Å². The second-order valence-corrected chi connectivity index (χ2v) is 4.68. The molecule has 0 spiro atoms. The Labute approximate surface area is 101 Å². The minimum atomic E-state index is -0.973. The van der Waals surface area contributed by atoms with Crippen LogP contribution in [0.25, 0.3) is 0 Å². The first-order valence-electron chi connectivity index (χ1n) is 5.94. The van der Waals surface area contributed by atoms with E-state index in [2.05, 4.69) is 5.32 Å². The summed E-state index contributed by atoms with van der Waals surface area (Å²) in [5, 5.41) is 11.6. The van der Waals surface area contributed by atoms with Gasteiger partial charge in [0.1, 0.15) is 6.04 Å². The summed E-state index contributed by atoms with van der Waals surface area (Å²) in [5.41, 5.74) is 0. The van der Waals surface area contributed by atoms with Gasteiger partial charge in [0.05, 0.1) is 0 Å². The Kier molecular flexibility index (Phi) is 5.00. The molecule has 5 heteroatoms. The van der Waals surface area contributed by atoms with Gasteiger partial charge in [-0.3, -0.25) is 0 Å². The lowest BCUT2D eigenvalue weighted by Gasteiger charge is -2.26. The number of carbonyl (C=O) groups is 2. The van der Waals surface area contributed by atoms with Crippen LogP contribution in [0.15, 0.2) is 12.2 Å². The molecule has 96 valence electrons. The molecule has 0 aromatic rings. The van der Waals surface area contributed by atoms with E-state index in [0.717, 1.165) is 6.42 Å².